The zero-order chi connectivity index (χ0) is 19.3. The lowest BCUT2D eigenvalue weighted by atomic mass is 9.85. The van der Waals surface area contributed by atoms with Crippen molar-refractivity contribution in [3.05, 3.63) is 47.0 Å². The SMILES string of the molecule is Cc1cc(-n2c(C)cc(C(=O)CN3C(=O)C4CC=CCC4C3=O)c2C)no1. The molecule has 2 aromatic heterocycles. The molecule has 0 N–H and O–H groups in total. The smallest absolute Gasteiger partial charge is 0.233 e. The number of likely N-dealkylation sites (tertiary alicyclic amines) is 1. The van der Waals surface area contributed by atoms with Crippen molar-refractivity contribution in [1.82, 2.24) is 14.6 Å². The van der Waals surface area contributed by atoms with Crippen molar-refractivity contribution in [3.63, 3.8) is 0 Å². The molecular weight excluding hydrogens is 346 g/mol. The topological polar surface area (TPSA) is 85.4 Å². The maximum atomic E-state index is 12.9. The minimum absolute atomic E-state index is 0.215. The summed E-state index contributed by atoms with van der Waals surface area (Å²) in [6.07, 6.45) is 5.01. The number of aromatic nitrogens is 2. The van der Waals surface area contributed by atoms with Crippen LogP contribution in [0.5, 0.6) is 0 Å². The van der Waals surface area contributed by atoms with Crippen LogP contribution in [0.2, 0.25) is 0 Å². The van der Waals surface area contributed by atoms with E-state index in [1.807, 2.05) is 30.6 Å². The summed E-state index contributed by atoms with van der Waals surface area (Å²) in [5, 5.41) is 4.01. The van der Waals surface area contributed by atoms with E-state index in [2.05, 4.69) is 5.16 Å². The zero-order valence-corrected chi connectivity index (χ0v) is 15.6. The van der Waals surface area contributed by atoms with Gasteiger partial charge in [-0.25, -0.2) is 0 Å². The van der Waals surface area contributed by atoms with E-state index in [4.69, 9.17) is 4.52 Å². The van der Waals surface area contributed by atoms with Gasteiger partial charge in [0.1, 0.15) is 5.76 Å². The third-order valence-corrected chi connectivity index (χ3v) is 5.48. The summed E-state index contributed by atoms with van der Waals surface area (Å²) in [5.74, 6) is -0.0707. The van der Waals surface area contributed by atoms with Crippen LogP contribution in [0.25, 0.3) is 5.82 Å². The number of ketones is 1. The van der Waals surface area contributed by atoms with Gasteiger partial charge in [-0.05, 0) is 39.7 Å². The molecule has 1 saturated heterocycles. The van der Waals surface area contributed by atoms with Gasteiger partial charge in [-0.1, -0.05) is 17.3 Å². The number of amides is 2. The Hall–Kier alpha value is -2.96. The second-order valence-electron chi connectivity index (χ2n) is 7.26. The highest BCUT2D eigenvalue weighted by Gasteiger charge is 2.47. The van der Waals surface area contributed by atoms with Crippen LogP contribution >= 0.6 is 0 Å². The minimum Gasteiger partial charge on any atom is -0.360 e. The van der Waals surface area contributed by atoms with Gasteiger partial charge in [0.2, 0.25) is 11.8 Å². The summed E-state index contributed by atoms with van der Waals surface area (Å²) in [6, 6.07) is 3.56. The van der Waals surface area contributed by atoms with E-state index in [9.17, 15) is 14.4 Å². The van der Waals surface area contributed by atoms with Crippen molar-refractivity contribution >= 4 is 17.6 Å². The van der Waals surface area contributed by atoms with Crippen molar-refractivity contribution < 1.29 is 18.9 Å². The first kappa shape index (κ1) is 17.5. The Bertz CT molecular complexity index is 956. The van der Waals surface area contributed by atoms with Gasteiger partial charge in [-0.3, -0.25) is 23.9 Å². The molecule has 140 valence electrons. The molecule has 2 atom stereocenters. The first-order valence-electron chi connectivity index (χ1n) is 9.04. The van der Waals surface area contributed by atoms with Crippen LogP contribution in [0.1, 0.15) is 40.3 Å². The molecule has 2 amide bonds. The molecule has 1 aliphatic heterocycles. The third kappa shape index (κ3) is 2.74. The molecule has 0 radical (unpaired) electrons. The highest BCUT2D eigenvalue weighted by molar-refractivity contribution is 6.10. The number of nitrogens with zero attached hydrogens (tertiary/aromatic N) is 3. The van der Waals surface area contributed by atoms with E-state index in [0.717, 1.165) is 10.6 Å². The quantitative estimate of drug-likeness (QED) is 0.471. The van der Waals surface area contributed by atoms with Crippen molar-refractivity contribution in [2.24, 2.45) is 11.8 Å². The Kier molecular flexibility index (Phi) is 4.09. The van der Waals surface area contributed by atoms with Crippen LogP contribution in [0, 0.1) is 32.6 Å². The van der Waals surface area contributed by atoms with Crippen LogP contribution < -0.4 is 0 Å². The molecule has 2 unspecified atom stereocenters. The predicted molar refractivity (Wildman–Crippen MR) is 96.4 cm³/mol. The fraction of sp³-hybridized carbons (Fsp3) is 0.400. The second kappa shape index (κ2) is 6.33. The van der Waals surface area contributed by atoms with E-state index in [1.54, 1.807) is 19.1 Å². The summed E-state index contributed by atoms with van der Waals surface area (Å²) in [4.78, 5) is 39.2. The average Bonchev–Trinajstić information content (AvgIpc) is 3.26. The first-order valence-corrected chi connectivity index (χ1v) is 9.04. The Balaban J connectivity index is 1.59. The molecule has 0 saturated carbocycles. The predicted octanol–water partition coefficient (Wildman–Crippen LogP) is 2.52. The number of hydrogen-bond acceptors (Lipinski definition) is 5. The van der Waals surface area contributed by atoms with Crippen molar-refractivity contribution in [1.29, 1.82) is 0 Å². The van der Waals surface area contributed by atoms with Crippen LogP contribution in [-0.2, 0) is 9.59 Å². The Morgan fingerprint density at radius 1 is 1.11 bits per heavy atom. The molecule has 3 heterocycles. The van der Waals surface area contributed by atoms with Gasteiger partial charge in [0.05, 0.1) is 18.4 Å². The molecule has 1 aliphatic carbocycles. The van der Waals surface area contributed by atoms with Crippen LogP contribution in [0.3, 0.4) is 0 Å². The lowest BCUT2D eigenvalue weighted by Gasteiger charge is -2.14. The Labute approximate surface area is 156 Å². The molecule has 4 rings (SSSR count). The number of fused-ring (bicyclic) bond motifs is 1. The molecule has 0 spiro atoms. The molecule has 0 aromatic carbocycles. The number of Topliss-reactive ketones (excluding diaryl/α,β-unsaturated/α-hetero) is 1. The average molecular weight is 367 g/mol. The molecule has 7 heteroatoms. The van der Waals surface area contributed by atoms with Crippen LogP contribution in [0.4, 0.5) is 0 Å². The lowest BCUT2D eigenvalue weighted by Crippen LogP contribution is -2.36. The van der Waals surface area contributed by atoms with E-state index >= 15 is 0 Å². The van der Waals surface area contributed by atoms with Crippen molar-refractivity contribution in [2.75, 3.05) is 6.54 Å². The van der Waals surface area contributed by atoms with E-state index in [-0.39, 0.29) is 36.0 Å². The third-order valence-electron chi connectivity index (χ3n) is 5.48. The van der Waals surface area contributed by atoms with Gasteiger partial charge in [0.25, 0.3) is 0 Å². The molecule has 7 nitrogen and oxygen atoms in total. The lowest BCUT2D eigenvalue weighted by molar-refractivity contribution is -0.139. The summed E-state index contributed by atoms with van der Waals surface area (Å²) >= 11 is 0. The van der Waals surface area contributed by atoms with Gasteiger partial charge >= 0.3 is 0 Å². The summed E-state index contributed by atoms with van der Waals surface area (Å²) in [6.45, 7) is 5.28. The number of carbonyl (C=O) groups excluding carboxylic acids is 3. The highest BCUT2D eigenvalue weighted by atomic mass is 16.5. The fourth-order valence-electron chi connectivity index (χ4n) is 4.11. The molecule has 2 aromatic rings. The second-order valence-corrected chi connectivity index (χ2v) is 7.26. The van der Waals surface area contributed by atoms with Crippen molar-refractivity contribution in [2.45, 2.75) is 33.6 Å². The molecular formula is C20H21N3O4. The molecule has 2 aliphatic rings. The number of hydrogen-bond donors (Lipinski definition) is 0. The van der Waals surface area contributed by atoms with Crippen molar-refractivity contribution in [3.8, 4) is 5.82 Å². The highest BCUT2D eigenvalue weighted by Crippen LogP contribution is 2.35. The van der Waals surface area contributed by atoms with E-state index in [0.29, 0.717) is 35.7 Å². The number of carbonyl (C=O) groups is 3. The fourth-order valence-corrected chi connectivity index (χ4v) is 4.11. The van der Waals surface area contributed by atoms with E-state index < -0.39 is 0 Å². The van der Waals surface area contributed by atoms with Gasteiger partial charge in [0.15, 0.2) is 11.6 Å². The first-order chi connectivity index (χ1) is 12.9. The maximum absolute atomic E-state index is 12.9. The van der Waals surface area contributed by atoms with Gasteiger partial charge < -0.3 is 4.52 Å². The van der Waals surface area contributed by atoms with Gasteiger partial charge in [-0.15, -0.1) is 0 Å². The molecule has 1 fully saturated rings. The number of imide groups is 1. The zero-order valence-electron chi connectivity index (χ0n) is 15.6. The summed E-state index contributed by atoms with van der Waals surface area (Å²) in [5.41, 5.74) is 2.03. The Morgan fingerprint density at radius 2 is 1.74 bits per heavy atom. The monoisotopic (exact) mass is 367 g/mol. The number of allylic oxidation sites excluding steroid dienone is 2. The van der Waals surface area contributed by atoms with Crippen LogP contribution in [0.15, 0.2) is 28.8 Å². The summed E-state index contributed by atoms with van der Waals surface area (Å²) < 4.78 is 6.96. The number of aryl methyl sites for hydroxylation is 2. The summed E-state index contributed by atoms with van der Waals surface area (Å²) in [7, 11) is 0. The van der Waals surface area contributed by atoms with E-state index in [1.165, 1.54) is 0 Å². The van der Waals surface area contributed by atoms with Crippen LogP contribution in [-0.4, -0.2) is 38.8 Å². The van der Waals surface area contributed by atoms with Gasteiger partial charge in [-0.2, -0.15) is 0 Å². The largest absolute Gasteiger partial charge is 0.360 e. The normalized spacial score (nSPS) is 21.8. The standard InChI is InChI=1S/C20H21N3O4/c1-11-8-16(13(3)23(11)18-9-12(2)27-21-18)17(24)10-22-19(25)14-6-4-5-7-15(14)20(22)26/h4-5,8-9,14-15H,6-7,10H2,1-3H3. The maximum Gasteiger partial charge on any atom is 0.233 e. The molecule has 27 heavy (non-hydrogen) atoms. The molecule has 0 bridgehead atoms. The number of rotatable bonds is 4. The Morgan fingerprint density at radius 3 is 2.30 bits per heavy atom. The minimum atomic E-state index is -0.319. The van der Waals surface area contributed by atoms with Gasteiger partial charge in [0, 0.05) is 23.0 Å².